The third kappa shape index (κ3) is 5.01. The first kappa shape index (κ1) is 35.7. The van der Waals surface area contributed by atoms with E-state index in [0.29, 0.717) is 5.92 Å². The van der Waals surface area contributed by atoms with Gasteiger partial charge in [0.25, 0.3) is 0 Å². The van der Waals surface area contributed by atoms with E-state index in [0.717, 1.165) is 37.1 Å². The second kappa shape index (κ2) is 13.2. The van der Waals surface area contributed by atoms with Gasteiger partial charge in [0, 0.05) is 60.3 Å². The second-order valence-corrected chi connectivity index (χ2v) is 18.3. The van der Waals surface area contributed by atoms with Crippen LogP contribution in [-0.2, 0) is 6.42 Å². The van der Waals surface area contributed by atoms with Gasteiger partial charge in [-0.3, -0.25) is 0 Å². The normalized spacial score (nSPS) is 17.8. The highest BCUT2D eigenvalue weighted by atomic mass is 15.2. The molecule has 4 aromatic heterocycles. The lowest BCUT2D eigenvalue weighted by atomic mass is 9.92. The zero-order chi connectivity index (χ0) is 41.4. The Hall–Kier alpha value is -7.04. The molecular formula is C58H48N4. The molecular weight excluding hydrogens is 753 g/mol. The third-order valence-corrected chi connectivity index (χ3v) is 14.3. The Bertz CT molecular complexity index is 3630. The van der Waals surface area contributed by atoms with Crippen LogP contribution in [0.3, 0.4) is 0 Å². The predicted octanol–water partition coefficient (Wildman–Crippen LogP) is 14.3. The summed E-state index contributed by atoms with van der Waals surface area (Å²) in [4.78, 5) is 5.16. The molecule has 2 unspecified atom stereocenters. The van der Waals surface area contributed by atoms with Crippen LogP contribution in [0.25, 0.3) is 71.1 Å². The van der Waals surface area contributed by atoms with Crippen LogP contribution in [0.5, 0.6) is 0 Å². The van der Waals surface area contributed by atoms with Gasteiger partial charge in [-0.25, -0.2) is 0 Å². The van der Waals surface area contributed by atoms with Gasteiger partial charge >= 0.3 is 0 Å². The highest BCUT2D eigenvalue weighted by Crippen LogP contribution is 2.49. The number of fused-ring (bicyclic) bond motifs is 12. The second-order valence-electron chi connectivity index (χ2n) is 18.3. The standard InChI is InChI=1S/C58H48N4/c1-35-13-21-39(22-14-35)59(40-23-15-36(2)16-24-40)51-31-29-43-47-33-54-48(34-53(47)61-49-11-7-5-9-45(49)55(51)57(43)61)44-30-32-52(56-46-10-6-8-12-50(46)62(54)58(44)56)60(41-25-17-37(3)18-26-41)42-27-19-38(4)20-28-42/h5-19,21-25,27-29,31,33-34,38,41H,20,26,30,32H2,1-4H3. The minimum atomic E-state index is 0.278. The summed E-state index contributed by atoms with van der Waals surface area (Å²) in [5.74, 6) is 0.563. The molecule has 0 saturated carbocycles. The summed E-state index contributed by atoms with van der Waals surface area (Å²) in [6.07, 6.45) is 18.5. The molecule has 62 heavy (non-hydrogen) atoms. The van der Waals surface area contributed by atoms with Gasteiger partial charge in [0.05, 0.1) is 44.8 Å². The predicted molar refractivity (Wildman–Crippen MR) is 262 cm³/mol. The maximum absolute atomic E-state index is 2.71. The molecule has 13 rings (SSSR count). The van der Waals surface area contributed by atoms with Crippen molar-refractivity contribution in [2.24, 2.45) is 5.92 Å². The number of allylic oxidation sites excluding steroid dienone is 5. The van der Waals surface area contributed by atoms with Crippen LogP contribution in [-0.4, -0.2) is 19.7 Å². The molecule has 6 aromatic carbocycles. The molecule has 0 aliphatic heterocycles. The summed E-state index contributed by atoms with van der Waals surface area (Å²) in [6, 6.07) is 46.3. The lowest BCUT2D eigenvalue weighted by Crippen LogP contribution is -2.36. The van der Waals surface area contributed by atoms with Crippen LogP contribution >= 0.6 is 0 Å². The SMILES string of the molecule is CC1=CCC(N(C2=CCC(C)C=C2)C2=c3c4ccccc4n4c3c(c3cc5c(cc34)c3ccc(N(c4ccc(C)cc4)c4ccc(C)cc4)c4c6ccccc6n5c34)CC2)C=C1. The number of anilines is 3. The van der Waals surface area contributed by atoms with Gasteiger partial charge in [-0.2, -0.15) is 0 Å². The summed E-state index contributed by atoms with van der Waals surface area (Å²) in [6.45, 7) is 8.87. The summed E-state index contributed by atoms with van der Waals surface area (Å²) in [5.41, 5.74) is 19.4. The van der Waals surface area contributed by atoms with E-state index < -0.39 is 0 Å². The number of hydrogen-bond donors (Lipinski definition) is 0. The highest BCUT2D eigenvalue weighted by Gasteiger charge is 2.32. The Kier molecular flexibility index (Phi) is 7.62. The number of rotatable bonds is 6. The fourth-order valence-corrected chi connectivity index (χ4v) is 11.4. The first-order valence-electron chi connectivity index (χ1n) is 22.5. The van der Waals surface area contributed by atoms with Crippen molar-refractivity contribution in [2.75, 3.05) is 4.90 Å². The molecule has 0 N–H and O–H groups in total. The molecule has 10 aromatic rings. The van der Waals surface area contributed by atoms with E-state index in [9.17, 15) is 0 Å². The molecule has 0 amide bonds. The van der Waals surface area contributed by atoms with Crippen molar-refractivity contribution in [1.29, 1.82) is 0 Å². The van der Waals surface area contributed by atoms with E-state index in [-0.39, 0.29) is 6.04 Å². The molecule has 0 spiro atoms. The van der Waals surface area contributed by atoms with Gasteiger partial charge < -0.3 is 18.6 Å². The molecule has 4 nitrogen and oxygen atoms in total. The minimum absolute atomic E-state index is 0.278. The zero-order valence-electron chi connectivity index (χ0n) is 35.8. The first-order chi connectivity index (χ1) is 30.4. The molecule has 3 aliphatic carbocycles. The summed E-state index contributed by atoms with van der Waals surface area (Å²) in [7, 11) is 0. The number of aryl methyl sites for hydroxylation is 3. The molecule has 3 aliphatic rings. The van der Waals surface area contributed by atoms with E-state index in [4.69, 9.17) is 0 Å². The number of nitrogens with zero attached hydrogens (tertiary/aromatic N) is 4. The Morgan fingerprint density at radius 1 is 0.548 bits per heavy atom. The Balaban J connectivity index is 1.10. The number of para-hydroxylation sites is 2. The average Bonchev–Trinajstić information content (AvgIpc) is 4.02. The molecule has 0 bridgehead atoms. The van der Waals surface area contributed by atoms with Crippen LogP contribution in [0.4, 0.5) is 17.1 Å². The van der Waals surface area contributed by atoms with Crippen LogP contribution < -0.4 is 10.1 Å². The lowest BCUT2D eigenvalue weighted by molar-refractivity contribution is 0.402. The van der Waals surface area contributed by atoms with Crippen molar-refractivity contribution in [3.63, 3.8) is 0 Å². The van der Waals surface area contributed by atoms with Gasteiger partial charge in [-0.15, -0.1) is 0 Å². The quantitative estimate of drug-likeness (QED) is 0.166. The van der Waals surface area contributed by atoms with E-state index in [1.165, 1.54) is 110 Å². The fraction of sp³-hybridized carbons (Fsp3) is 0.172. The molecule has 0 radical (unpaired) electrons. The monoisotopic (exact) mass is 800 g/mol. The maximum Gasteiger partial charge on any atom is 0.0641 e. The van der Waals surface area contributed by atoms with E-state index in [1.807, 2.05) is 0 Å². The van der Waals surface area contributed by atoms with Gasteiger partial charge in [0.1, 0.15) is 0 Å². The molecule has 300 valence electrons. The van der Waals surface area contributed by atoms with Crippen molar-refractivity contribution in [2.45, 2.75) is 59.4 Å². The number of benzene rings is 6. The van der Waals surface area contributed by atoms with Gasteiger partial charge in [-0.1, -0.05) is 121 Å². The van der Waals surface area contributed by atoms with Crippen molar-refractivity contribution in [3.05, 3.63) is 191 Å². The van der Waals surface area contributed by atoms with Crippen molar-refractivity contribution in [3.8, 4) is 0 Å². The Labute approximate surface area is 361 Å². The smallest absolute Gasteiger partial charge is 0.0641 e. The van der Waals surface area contributed by atoms with Crippen LogP contribution in [0.15, 0.2) is 169 Å². The first-order valence-corrected chi connectivity index (χ1v) is 22.5. The molecule has 4 heterocycles. The van der Waals surface area contributed by atoms with Crippen molar-refractivity contribution in [1.82, 2.24) is 13.7 Å². The number of hydrogen-bond acceptors (Lipinski definition) is 2. The molecule has 0 fully saturated rings. The highest BCUT2D eigenvalue weighted by molar-refractivity contribution is 6.28. The molecule has 0 saturated heterocycles. The molecule has 2 atom stereocenters. The minimum Gasteiger partial charge on any atom is -0.337 e. The van der Waals surface area contributed by atoms with E-state index in [1.54, 1.807) is 0 Å². The van der Waals surface area contributed by atoms with Crippen molar-refractivity contribution >= 4 is 88.2 Å². The Morgan fingerprint density at radius 3 is 1.90 bits per heavy atom. The maximum atomic E-state index is 2.71. The lowest BCUT2D eigenvalue weighted by Gasteiger charge is -2.37. The van der Waals surface area contributed by atoms with Gasteiger partial charge in [0.15, 0.2) is 0 Å². The van der Waals surface area contributed by atoms with Crippen molar-refractivity contribution < 1.29 is 0 Å². The Morgan fingerprint density at radius 2 is 1.21 bits per heavy atom. The van der Waals surface area contributed by atoms with Gasteiger partial charge in [-0.05, 0) is 119 Å². The van der Waals surface area contributed by atoms with Crippen LogP contribution in [0, 0.1) is 19.8 Å². The van der Waals surface area contributed by atoms with E-state index >= 15 is 0 Å². The van der Waals surface area contributed by atoms with Gasteiger partial charge in [0.2, 0.25) is 0 Å². The fourth-order valence-electron chi connectivity index (χ4n) is 11.4. The molecule has 4 heteroatoms. The topological polar surface area (TPSA) is 15.3 Å². The van der Waals surface area contributed by atoms with E-state index in [2.05, 4.69) is 204 Å². The summed E-state index contributed by atoms with van der Waals surface area (Å²) >= 11 is 0. The summed E-state index contributed by atoms with van der Waals surface area (Å²) < 4.78 is 5.19. The third-order valence-electron chi connectivity index (χ3n) is 14.3. The zero-order valence-corrected chi connectivity index (χ0v) is 35.8. The average molecular weight is 801 g/mol. The largest absolute Gasteiger partial charge is 0.337 e. The van der Waals surface area contributed by atoms with Crippen LogP contribution in [0.2, 0.25) is 0 Å². The number of aromatic nitrogens is 2. The van der Waals surface area contributed by atoms with Crippen LogP contribution in [0.1, 0.15) is 49.8 Å². The summed E-state index contributed by atoms with van der Waals surface area (Å²) in [5, 5.41) is 9.30.